The zero-order chi connectivity index (χ0) is 26.0. The monoisotopic (exact) mass is 515 g/mol. The standard InChI is InChI=1S/C28H38FNO5Si/c1-27(2,3)36(4,5)35-25-17-21(13-14-28(25)33-15-16-34-28)23-12-11-22(18-24(23)29)30-26(31)32-19-20-9-7-6-8-10-20/h6-12,18,21,25H,13-17,19H2,1-5H3,(H,30,31). The average Bonchev–Trinajstić information content (AvgIpc) is 3.29. The summed E-state index contributed by atoms with van der Waals surface area (Å²) in [7, 11) is -2.11. The minimum absolute atomic E-state index is 0.0303. The van der Waals surface area contributed by atoms with Crippen LogP contribution < -0.4 is 5.32 Å². The van der Waals surface area contributed by atoms with Crippen molar-refractivity contribution >= 4 is 20.1 Å². The highest BCUT2D eigenvalue weighted by atomic mass is 28.4. The molecule has 2 unspecified atom stereocenters. The van der Waals surface area contributed by atoms with E-state index in [9.17, 15) is 4.79 Å². The van der Waals surface area contributed by atoms with Crippen molar-refractivity contribution in [1.82, 2.24) is 0 Å². The SMILES string of the molecule is CC(C)(C)[Si](C)(C)OC1CC(c2ccc(NC(=O)OCc3ccccc3)cc2F)CCC12OCCO2. The Kier molecular flexibility index (Phi) is 7.90. The molecule has 2 aromatic rings. The van der Waals surface area contributed by atoms with Crippen molar-refractivity contribution in [3.8, 4) is 0 Å². The first-order valence-electron chi connectivity index (χ1n) is 12.7. The molecule has 2 aromatic carbocycles. The third kappa shape index (κ3) is 5.99. The Bertz CT molecular complexity index is 1050. The number of ether oxygens (including phenoxy) is 3. The molecule has 2 fully saturated rings. The van der Waals surface area contributed by atoms with Crippen molar-refractivity contribution in [3.05, 3.63) is 65.5 Å². The Balaban J connectivity index is 1.43. The first-order valence-corrected chi connectivity index (χ1v) is 15.6. The molecule has 8 heteroatoms. The molecule has 196 valence electrons. The molecule has 0 aromatic heterocycles. The first kappa shape index (κ1) is 26.8. The van der Waals surface area contributed by atoms with Crippen molar-refractivity contribution in [2.45, 2.75) is 82.6 Å². The topological polar surface area (TPSA) is 66.0 Å². The van der Waals surface area contributed by atoms with Gasteiger partial charge in [0.2, 0.25) is 0 Å². The molecule has 2 atom stereocenters. The van der Waals surface area contributed by atoms with Gasteiger partial charge in [-0.25, -0.2) is 9.18 Å². The number of carbonyl (C=O) groups excluding carboxylic acids is 1. The number of amides is 1. The van der Waals surface area contributed by atoms with Crippen LogP contribution in [-0.2, 0) is 25.2 Å². The highest BCUT2D eigenvalue weighted by Crippen LogP contribution is 2.48. The summed E-state index contributed by atoms with van der Waals surface area (Å²) in [6.07, 6.45) is 1.13. The van der Waals surface area contributed by atoms with Crippen LogP contribution in [-0.4, -0.2) is 39.5 Å². The van der Waals surface area contributed by atoms with E-state index in [1.165, 1.54) is 6.07 Å². The van der Waals surface area contributed by atoms with E-state index in [2.05, 4.69) is 39.2 Å². The summed E-state index contributed by atoms with van der Waals surface area (Å²) in [5, 5.41) is 2.65. The summed E-state index contributed by atoms with van der Waals surface area (Å²) in [5.41, 5.74) is 1.86. The maximum atomic E-state index is 15.3. The Morgan fingerprint density at radius 2 is 1.83 bits per heavy atom. The molecule has 1 spiro atoms. The number of nitrogens with one attached hydrogen (secondary N) is 1. The van der Waals surface area contributed by atoms with Gasteiger partial charge in [-0.1, -0.05) is 57.2 Å². The normalized spacial score (nSPS) is 21.9. The van der Waals surface area contributed by atoms with Crippen LogP contribution in [0.4, 0.5) is 14.9 Å². The molecule has 0 bridgehead atoms. The van der Waals surface area contributed by atoms with E-state index in [4.69, 9.17) is 18.6 Å². The number of hydrogen-bond acceptors (Lipinski definition) is 5. The van der Waals surface area contributed by atoms with Gasteiger partial charge in [0, 0.05) is 12.1 Å². The fraction of sp³-hybridized carbons (Fsp3) is 0.536. The van der Waals surface area contributed by atoms with Gasteiger partial charge in [-0.15, -0.1) is 0 Å². The molecule has 4 rings (SSSR count). The molecule has 1 amide bonds. The number of rotatable bonds is 6. The average molecular weight is 516 g/mol. The Morgan fingerprint density at radius 1 is 1.14 bits per heavy atom. The van der Waals surface area contributed by atoms with E-state index >= 15 is 4.39 Å². The lowest BCUT2D eigenvalue weighted by Crippen LogP contribution is -2.55. The van der Waals surface area contributed by atoms with Gasteiger partial charge in [-0.2, -0.15) is 0 Å². The smallest absolute Gasteiger partial charge is 0.411 e. The van der Waals surface area contributed by atoms with Gasteiger partial charge in [0.05, 0.1) is 19.3 Å². The van der Waals surface area contributed by atoms with Crippen LogP contribution in [0.1, 0.15) is 57.1 Å². The van der Waals surface area contributed by atoms with Gasteiger partial charge in [-0.05, 0) is 60.2 Å². The minimum atomic E-state index is -2.11. The largest absolute Gasteiger partial charge is 0.444 e. The minimum Gasteiger partial charge on any atom is -0.444 e. The summed E-state index contributed by atoms with van der Waals surface area (Å²) in [5.74, 6) is -1.12. The molecule has 1 saturated carbocycles. The van der Waals surface area contributed by atoms with Gasteiger partial charge in [-0.3, -0.25) is 5.32 Å². The second kappa shape index (κ2) is 10.6. The Morgan fingerprint density at radius 3 is 2.47 bits per heavy atom. The lowest BCUT2D eigenvalue weighted by atomic mass is 9.79. The first-order chi connectivity index (χ1) is 17.0. The molecule has 36 heavy (non-hydrogen) atoms. The predicted molar refractivity (Wildman–Crippen MR) is 140 cm³/mol. The predicted octanol–water partition coefficient (Wildman–Crippen LogP) is 6.98. The number of benzene rings is 2. The fourth-order valence-electron chi connectivity index (χ4n) is 4.66. The Hall–Kier alpha value is -2.26. The van der Waals surface area contributed by atoms with Crippen LogP contribution in [0.2, 0.25) is 18.1 Å². The van der Waals surface area contributed by atoms with Crippen LogP contribution in [0, 0.1) is 5.82 Å². The number of halogens is 1. The van der Waals surface area contributed by atoms with Gasteiger partial charge >= 0.3 is 6.09 Å². The van der Waals surface area contributed by atoms with E-state index in [1.54, 1.807) is 12.1 Å². The molecular weight excluding hydrogens is 477 g/mol. The lowest BCUT2D eigenvalue weighted by molar-refractivity contribution is -0.233. The van der Waals surface area contributed by atoms with E-state index in [0.29, 0.717) is 37.3 Å². The lowest BCUT2D eigenvalue weighted by Gasteiger charge is -2.48. The molecule has 1 aliphatic heterocycles. The van der Waals surface area contributed by atoms with Crippen molar-refractivity contribution in [2.75, 3.05) is 18.5 Å². The molecular formula is C28H38FNO5Si. The van der Waals surface area contributed by atoms with E-state index in [0.717, 1.165) is 12.0 Å². The number of carbonyl (C=O) groups is 1. The van der Waals surface area contributed by atoms with Crippen molar-refractivity contribution in [2.24, 2.45) is 0 Å². The van der Waals surface area contributed by atoms with E-state index in [-0.39, 0.29) is 29.5 Å². The van der Waals surface area contributed by atoms with Crippen LogP contribution in [0.3, 0.4) is 0 Å². The molecule has 1 aliphatic carbocycles. The number of hydrogen-bond donors (Lipinski definition) is 1. The van der Waals surface area contributed by atoms with Crippen molar-refractivity contribution in [1.29, 1.82) is 0 Å². The van der Waals surface area contributed by atoms with Crippen LogP contribution >= 0.6 is 0 Å². The number of anilines is 1. The molecule has 1 heterocycles. The quantitative estimate of drug-likeness (QED) is 0.421. The summed E-state index contributed by atoms with van der Waals surface area (Å²) < 4.78 is 39.5. The highest BCUT2D eigenvalue weighted by Gasteiger charge is 2.53. The third-order valence-electron chi connectivity index (χ3n) is 7.75. The molecule has 1 saturated heterocycles. The fourth-order valence-corrected chi connectivity index (χ4v) is 6.00. The van der Waals surface area contributed by atoms with Crippen molar-refractivity contribution < 1.29 is 27.8 Å². The molecule has 1 N–H and O–H groups in total. The van der Waals surface area contributed by atoms with Crippen molar-refractivity contribution in [3.63, 3.8) is 0 Å². The summed E-state index contributed by atoms with van der Waals surface area (Å²) >= 11 is 0. The molecule has 2 aliphatic rings. The second-order valence-electron chi connectivity index (χ2n) is 11.3. The summed E-state index contributed by atoms with van der Waals surface area (Å²) in [6, 6.07) is 14.2. The summed E-state index contributed by atoms with van der Waals surface area (Å²) in [6.45, 7) is 12.3. The van der Waals surface area contributed by atoms with Gasteiger partial charge in [0.25, 0.3) is 0 Å². The highest BCUT2D eigenvalue weighted by molar-refractivity contribution is 6.74. The van der Waals surface area contributed by atoms with Crippen LogP contribution in [0.5, 0.6) is 0 Å². The van der Waals surface area contributed by atoms with Crippen LogP contribution in [0.25, 0.3) is 0 Å². The van der Waals surface area contributed by atoms with E-state index < -0.39 is 20.2 Å². The van der Waals surface area contributed by atoms with Gasteiger partial charge < -0.3 is 18.6 Å². The van der Waals surface area contributed by atoms with E-state index in [1.807, 2.05) is 30.3 Å². The van der Waals surface area contributed by atoms with Gasteiger partial charge in [0.1, 0.15) is 12.4 Å². The Labute approximate surface area is 214 Å². The van der Waals surface area contributed by atoms with Gasteiger partial charge in [0.15, 0.2) is 14.1 Å². The maximum Gasteiger partial charge on any atom is 0.411 e. The maximum absolute atomic E-state index is 15.3. The summed E-state index contributed by atoms with van der Waals surface area (Å²) in [4.78, 5) is 12.2. The van der Waals surface area contributed by atoms with Crippen LogP contribution in [0.15, 0.2) is 48.5 Å². The molecule has 6 nitrogen and oxygen atoms in total. The molecule has 0 radical (unpaired) electrons. The zero-order valence-corrected chi connectivity index (χ0v) is 22.9. The zero-order valence-electron chi connectivity index (χ0n) is 21.9. The third-order valence-corrected chi connectivity index (χ3v) is 12.2. The second-order valence-corrected chi connectivity index (χ2v) is 16.0.